The van der Waals surface area contributed by atoms with E-state index in [1.807, 2.05) is 0 Å². The Kier molecular flexibility index (Phi) is 19.4. The van der Waals surface area contributed by atoms with E-state index in [4.69, 9.17) is 23.2 Å². The van der Waals surface area contributed by atoms with Crippen LogP contribution >= 0.6 is 23.2 Å². The molecule has 0 bridgehead atoms. The molecule has 0 aromatic heterocycles. The predicted octanol–water partition coefficient (Wildman–Crippen LogP) is 3.82. The molecule has 0 aliphatic rings. The zero-order valence-corrected chi connectivity index (χ0v) is 8.26. The average Bonchev–Trinajstić information content (AvgIpc) is 2.08. The molecule has 0 spiro atoms. The summed E-state index contributed by atoms with van der Waals surface area (Å²) in [4.78, 5) is 0. The zero-order chi connectivity index (χ0) is 9.66. The SMILES string of the molecule is C=COC=C.ClC=CC=CCCl. The van der Waals surface area contributed by atoms with Gasteiger partial charge in [0.15, 0.2) is 0 Å². The monoisotopic (exact) mass is 206 g/mol. The standard InChI is InChI=1S/C5H6Cl2.C4H6O/c6-4-2-1-3-5-7;1-3-5-4-2/h1-4H,5H2;3-4H,1-2H2. The largest absolute Gasteiger partial charge is 0.474 e. The minimum absolute atomic E-state index is 0.543. The first-order chi connectivity index (χ1) is 5.83. The van der Waals surface area contributed by atoms with E-state index in [0.29, 0.717) is 5.88 Å². The first kappa shape index (κ1) is 13.9. The topological polar surface area (TPSA) is 9.23 Å². The fourth-order valence-electron chi connectivity index (χ4n) is 0.240. The summed E-state index contributed by atoms with van der Waals surface area (Å²) in [5, 5.41) is 0. The molecular formula is C9H12Cl2O. The zero-order valence-electron chi connectivity index (χ0n) is 6.75. The molecule has 0 unspecified atom stereocenters. The quantitative estimate of drug-likeness (QED) is 0.386. The molecule has 0 saturated carbocycles. The average molecular weight is 207 g/mol. The first-order valence-electron chi connectivity index (χ1n) is 3.18. The number of alkyl halides is 1. The van der Waals surface area contributed by atoms with Crippen molar-refractivity contribution in [3.8, 4) is 0 Å². The van der Waals surface area contributed by atoms with Crippen molar-refractivity contribution in [3.63, 3.8) is 0 Å². The lowest BCUT2D eigenvalue weighted by Crippen LogP contribution is -1.53. The van der Waals surface area contributed by atoms with E-state index in [-0.39, 0.29) is 0 Å². The van der Waals surface area contributed by atoms with Gasteiger partial charge in [-0.2, -0.15) is 0 Å². The normalized spacial score (nSPS) is 9.17. The number of ether oxygens (including phenoxy) is 1. The highest BCUT2D eigenvalue weighted by Gasteiger charge is 1.60. The summed E-state index contributed by atoms with van der Waals surface area (Å²) >= 11 is 10.4. The van der Waals surface area contributed by atoms with E-state index < -0.39 is 0 Å². The molecule has 0 radical (unpaired) electrons. The molecule has 0 fully saturated rings. The summed E-state index contributed by atoms with van der Waals surface area (Å²) in [7, 11) is 0. The van der Waals surface area contributed by atoms with Crippen LogP contribution in [0.25, 0.3) is 0 Å². The smallest absolute Gasteiger partial charge is 0.0829 e. The van der Waals surface area contributed by atoms with Crippen molar-refractivity contribution < 1.29 is 4.74 Å². The molecule has 68 valence electrons. The molecule has 3 heteroatoms. The van der Waals surface area contributed by atoms with Gasteiger partial charge in [-0.3, -0.25) is 0 Å². The van der Waals surface area contributed by atoms with Gasteiger partial charge in [-0.25, -0.2) is 0 Å². The molecule has 0 amide bonds. The summed E-state index contributed by atoms with van der Waals surface area (Å²) in [5.41, 5.74) is 1.43. The van der Waals surface area contributed by atoms with Crippen molar-refractivity contribution in [2.75, 3.05) is 5.88 Å². The summed E-state index contributed by atoms with van der Waals surface area (Å²) in [6.45, 7) is 6.51. The number of hydrogen-bond donors (Lipinski definition) is 0. The Morgan fingerprint density at radius 3 is 2.00 bits per heavy atom. The third-order valence-electron chi connectivity index (χ3n) is 0.601. The van der Waals surface area contributed by atoms with Crippen LogP contribution in [0.4, 0.5) is 0 Å². The van der Waals surface area contributed by atoms with Crippen LogP contribution in [0.5, 0.6) is 0 Å². The van der Waals surface area contributed by atoms with Crippen molar-refractivity contribution in [1.82, 2.24) is 0 Å². The molecule has 0 aliphatic carbocycles. The fraction of sp³-hybridized carbons (Fsp3) is 0.111. The van der Waals surface area contributed by atoms with Crippen molar-refractivity contribution in [2.24, 2.45) is 0 Å². The van der Waals surface area contributed by atoms with Gasteiger partial charge in [0.2, 0.25) is 0 Å². The lowest BCUT2D eigenvalue weighted by Gasteiger charge is -1.76. The molecular weight excluding hydrogens is 195 g/mol. The van der Waals surface area contributed by atoms with Crippen LogP contribution in [0.15, 0.2) is 49.4 Å². The van der Waals surface area contributed by atoms with E-state index in [9.17, 15) is 0 Å². The molecule has 0 atom stereocenters. The Balaban J connectivity index is 0. The van der Waals surface area contributed by atoms with Gasteiger partial charge >= 0.3 is 0 Å². The Labute approximate surface area is 83.6 Å². The van der Waals surface area contributed by atoms with Crippen LogP contribution in [0.1, 0.15) is 0 Å². The highest BCUT2D eigenvalue weighted by atomic mass is 35.5. The third-order valence-corrected chi connectivity index (χ3v) is 0.925. The first-order valence-corrected chi connectivity index (χ1v) is 4.15. The Hall–Kier alpha value is -0.660. The van der Waals surface area contributed by atoms with Gasteiger partial charge in [-0.05, 0) is 0 Å². The van der Waals surface area contributed by atoms with Crippen molar-refractivity contribution in [3.05, 3.63) is 49.4 Å². The van der Waals surface area contributed by atoms with Gasteiger partial charge in [-0.1, -0.05) is 43.0 Å². The van der Waals surface area contributed by atoms with E-state index in [1.165, 1.54) is 18.1 Å². The van der Waals surface area contributed by atoms with E-state index in [0.717, 1.165) is 0 Å². The van der Waals surface area contributed by atoms with Gasteiger partial charge in [0.1, 0.15) is 0 Å². The van der Waals surface area contributed by atoms with Crippen molar-refractivity contribution in [1.29, 1.82) is 0 Å². The molecule has 0 rings (SSSR count). The predicted molar refractivity (Wildman–Crippen MR) is 56.3 cm³/mol. The fourth-order valence-corrected chi connectivity index (χ4v) is 0.427. The van der Waals surface area contributed by atoms with Crippen LogP contribution in [0.3, 0.4) is 0 Å². The van der Waals surface area contributed by atoms with E-state index in [1.54, 1.807) is 18.2 Å². The van der Waals surface area contributed by atoms with Crippen LogP contribution in [-0.2, 0) is 4.74 Å². The van der Waals surface area contributed by atoms with Gasteiger partial charge in [0, 0.05) is 11.4 Å². The highest BCUT2D eigenvalue weighted by molar-refractivity contribution is 6.25. The maximum Gasteiger partial charge on any atom is 0.0829 e. The van der Waals surface area contributed by atoms with E-state index in [2.05, 4.69) is 17.9 Å². The summed E-state index contributed by atoms with van der Waals surface area (Å²) < 4.78 is 4.36. The highest BCUT2D eigenvalue weighted by Crippen LogP contribution is 1.81. The molecule has 0 aliphatic heterocycles. The van der Waals surface area contributed by atoms with Gasteiger partial charge in [-0.15, -0.1) is 11.6 Å². The molecule has 0 aromatic carbocycles. The van der Waals surface area contributed by atoms with Crippen molar-refractivity contribution >= 4 is 23.2 Å². The maximum atomic E-state index is 5.27. The van der Waals surface area contributed by atoms with E-state index >= 15 is 0 Å². The van der Waals surface area contributed by atoms with Gasteiger partial charge in [0.05, 0.1) is 12.5 Å². The minimum Gasteiger partial charge on any atom is -0.474 e. The van der Waals surface area contributed by atoms with Crippen LogP contribution < -0.4 is 0 Å². The summed E-state index contributed by atoms with van der Waals surface area (Å²) in [5.74, 6) is 0.543. The second-order valence-corrected chi connectivity index (χ2v) is 1.93. The van der Waals surface area contributed by atoms with Gasteiger partial charge in [0.25, 0.3) is 0 Å². The molecule has 0 N–H and O–H groups in total. The number of allylic oxidation sites excluding steroid dienone is 3. The number of halogens is 2. The second-order valence-electron chi connectivity index (χ2n) is 1.37. The molecule has 12 heavy (non-hydrogen) atoms. The molecule has 0 heterocycles. The third kappa shape index (κ3) is 22.8. The van der Waals surface area contributed by atoms with Crippen LogP contribution in [-0.4, -0.2) is 5.88 Å². The Bertz CT molecular complexity index is 145. The maximum absolute atomic E-state index is 5.27. The lowest BCUT2D eigenvalue weighted by atomic mass is 10.5. The summed E-state index contributed by atoms with van der Waals surface area (Å²) in [6.07, 6.45) is 7.93. The van der Waals surface area contributed by atoms with Gasteiger partial charge < -0.3 is 4.74 Å². The minimum atomic E-state index is 0.543. The van der Waals surface area contributed by atoms with Crippen LogP contribution in [0.2, 0.25) is 0 Å². The number of rotatable bonds is 4. The summed E-state index contributed by atoms with van der Waals surface area (Å²) in [6, 6.07) is 0. The Morgan fingerprint density at radius 2 is 1.75 bits per heavy atom. The second kappa shape index (κ2) is 16.7. The Morgan fingerprint density at radius 1 is 1.17 bits per heavy atom. The van der Waals surface area contributed by atoms with Crippen molar-refractivity contribution in [2.45, 2.75) is 0 Å². The molecule has 0 saturated heterocycles. The molecule has 1 nitrogen and oxygen atoms in total. The lowest BCUT2D eigenvalue weighted by molar-refractivity contribution is 0.406. The molecule has 0 aromatic rings. The van der Waals surface area contributed by atoms with Crippen LogP contribution in [0, 0.1) is 0 Å². The number of hydrogen-bond acceptors (Lipinski definition) is 1.